The van der Waals surface area contributed by atoms with Gasteiger partial charge in [0.15, 0.2) is 6.61 Å². The van der Waals surface area contributed by atoms with Gasteiger partial charge in [-0.25, -0.2) is 4.79 Å². The number of nitrogens with zero attached hydrogens (tertiary/aromatic N) is 2. The standard InChI is InChI=1S/C19H26N2O4S/c1-5-8-20-12(2)9-14(13(20)3)16(22)10-25-18(24)15-11-26-19(4)7-6-17(23)21(15)19/h9,15H,5-8,10-11H2,1-4H3/t15-,19-/m0/s1. The van der Waals surface area contributed by atoms with Crippen molar-refractivity contribution in [2.45, 2.75) is 64.4 Å². The Bertz CT molecular complexity index is 757. The lowest BCUT2D eigenvalue weighted by Gasteiger charge is -2.29. The van der Waals surface area contributed by atoms with E-state index < -0.39 is 12.0 Å². The first kappa shape index (κ1) is 19.0. The molecule has 3 rings (SSSR count). The summed E-state index contributed by atoms with van der Waals surface area (Å²) in [5.74, 6) is -0.156. The first-order valence-corrected chi connectivity index (χ1v) is 10.1. The number of Topliss-reactive ketones (excluding diaryl/α,β-unsaturated/α-hetero) is 1. The van der Waals surface area contributed by atoms with Crippen LogP contribution in [0.2, 0.25) is 0 Å². The maximum atomic E-state index is 12.5. The van der Waals surface area contributed by atoms with Crippen LogP contribution in [0.1, 0.15) is 54.9 Å². The highest BCUT2D eigenvalue weighted by molar-refractivity contribution is 8.01. The zero-order valence-corrected chi connectivity index (χ0v) is 16.6. The molecule has 0 unspecified atom stereocenters. The highest BCUT2D eigenvalue weighted by Crippen LogP contribution is 2.47. The number of hydrogen-bond acceptors (Lipinski definition) is 5. The topological polar surface area (TPSA) is 68.6 Å². The number of aryl methyl sites for hydroxylation is 1. The molecular formula is C19H26N2O4S. The number of ketones is 1. The van der Waals surface area contributed by atoms with Gasteiger partial charge in [-0.2, -0.15) is 0 Å². The van der Waals surface area contributed by atoms with Gasteiger partial charge >= 0.3 is 5.97 Å². The summed E-state index contributed by atoms with van der Waals surface area (Å²) in [7, 11) is 0. The van der Waals surface area contributed by atoms with Gasteiger partial charge in [0.1, 0.15) is 6.04 Å². The van der Waals surface area contributed by atoms with Crippen LogP contribution < -0.4 is 0 Å². The van der Waals surface area contributed by atoms with Crippen molar-refractivity contribution in [2.24, 2.45) is 0 Å². The highest BCUT2D eigenvalue weighted by Gasteiger charge is 2.53. The number of aromatic nitrogens is 1. The predicted octanol–water partition coefficient (Wildman–Crippen LogP) is 2.69. The molecule has 7 heteroatoms. The summed E-state index contributed by atoms with van der Waals surface area (Å²) < 4.78 is 7.41. The lowest BCUT2D eigenvalue weighted by atomic mass is 10.1. The van der Waals surface area contributed by atoms with E-state index in [1.54, 1.807) is 16.7 Å². The smallest absolute Gasteiger partial charge is 0.330 e. The quantitative estimate of drug-likeness (QED) is 0.562. The molecule has 1 aromatic heterocycles. The first-order valence-electron chi connectivity index (χ1n) is 9.11. The molecule has 1 amide bonds. The molecule has 142 valence electrons. The molecule has 3 heterocycles. The molecule has 0 bridgehead atoms. The molecule has 6 nitrogen and oxygen atoms in total. The van der Waals surface area contributed by atoms with Crippen molar-refractivity contribution >= 4 is 29.4 Å². The van der Waals surface area contributed by atoms with Crippen molar-refractivity contribution in [3.8, 4) is 0 Å². The highest BCUT2D eigenvalue weighted by atomic mass is 32.2. The second-order valence-corrected chi connectivity index (χ2v) is 8.73. The molecule has 0 radical (unpaired) electrons. The Morgan fingerprint density at radius 3 is 2.81 bits per heavy atom. The van der Waals surface area contributed by atoms with Gasteiger partial charge in [0, 0.05) is 35.7 Å². The molecule has 2 atom stereocenters. The normalized spacial score (nSPS) is 24.8. The lowest BCUT2D eigenvalue weighted by Crippen LogP contribution is -2.46. The second-order valence-electron chi connectivity index (χ2n) is 7.23. The Hall–Kier alpha value is -1.76. The van der Waals surface area contributed by atoms with Gasteiger partial charge < -0.3 is 14.2 Å². The number of ether oxygens (including phenoxy) is 1. The monoisotopic (exact) mass is 378 g/mol. The molecule has 0 N–H and O–H groups in total. The Kier molecular flexibility index (Phi) is 5.19. The third-order valence-corrected chi connectivity index (χ3v) is 6.89. The number of carbonyl (C=O) groups excluding carboxylic acids is 3. The van der Waals surface area contributed by atoms with Gasteiger partial charge in [0.2, 0.25) is 11.7 Å². The van der Waals surface area contributed by atoms with Crippen LogP contribution in [0, 0.1) is 13.8 Å². The van der Waals surface area contributed by atoms with Crippen LogP contribution >= 0.6 is 11.8 Å². The molecule has 2 aliphatic rings. The van der Waals surface area contributed by atoms with Crippen molar-refractivity contribution in [3.63, 3.8) is 0 Å². The van der Waals surface area contributed by atoms with Gasteiger partial charge in [-0.3, -0.25) is 9.59 Å². The molecule has 2 fully saturated rings. The SMILES string of the molecule is CCCn1c(C)cc(C(=O)COC(=O)[C@@H]2CS[C@@]3(C)CCC(=O)N23)c1C. The van der Waals surface area contributed by atoms with Crippen LogP contribution in [0.4, 0.5) is 0 Å². The molecule has 2 saturated heterocycles. The number of carbonyl (C=O) groups is 3. The number of thioether (sulfide) groups is 1. The zero-order chi connectivity index (χ0) is 19.1. The van der Waals surface area contributed by atoms with E-state index >= 15 is 0 Å². The molecule has 0 aliphatic carbocycles. The third-order valence-electron chi connectivity index (χ3n) is 5.38. The summed E-state index contributed by atoms with van der Waals surface area (Å²) in [6.45, 7) is 8.55. The summed E-state index contributed by atoms with van der Waals surface area (Å²) in [5.41, 5.74) is 2.54. The van der Waals surface area contributed by atoms with Crippen LogP contribution in [-0.4, -0.2) is 50.4 Å². The van der Waals surface area contributed by atoms with Gasteiger partial charge in [-0.05, 0) is 39.7 Å². The van der Waals surface area contributed by atoms with E-state index in [0.29, 0.717) is 17.7 Å². The van der Waals surface area contributed by atoms with E-state index in [1.165, 1.54) is 0 Å². The Morgan fingerprint density at radius 2 is 2.12 bits per heavy atom. The molecule has 0 saturated carbocycles. The molecule has 2 aliphatic heterocycles. The Balaban J connectivity index is 1.64. The second kappa shape index (κ2) is 7.10. The van der Waals surface area contributed by atoms with Gasteiger partial charge in [-0.1, -0.05) is 6.92 Å². The Morgan fingerprint density at radius 1 is 1.38 bits per heavy atom. The van der Waals surface area contributed by atoms with E-state index in [9.17, 15) is 14.4 Å². The van der Waals surface area contributed by atoms with E-state index in [4.69, 9.17) is 4.74 Å². The summed E-state index contributed by atoms with van der Waals surface area (Å²) in [6.07, 6.45) is 2.21. The molecule has 0 spiro atoms. The third kappa shape index (κ3) is 3.17. The summed E-state index contributed by atoms with van der Waals surface area (Å²) in [5, 5.41) is 0. The number of fused-ring (bicyclic) bond motifs is 1. The molecule has 1 aromatic rings. The molecule has 0 aromatic carbocycles. The van der Waals surface area contributed by atoms with Crippen molar-refractivity contribution in [3.05, 3.63) is 23.0 Å². The number of hydrogen-bond donors (Lipinski definition) is 0. The van der Waals surface area contributed by atoms with Crippen molar-refractivity contribution in [2.75, 3.05) is 12.4 Å². The fraction of sp³-hybridized carbons (Fsp3) is 0.632. The Labute approximate surface area is 158 Å². The van der Waals surface area contributed by atoms with Crippen LogP contribution in [0.25, 0.3) is 0 Å². The molecule has 26 heavy (non-hydrogen) atoms. The van der Waals surface area contributed by atoms with E-state index in [-0.39, 0.29) is 23.2 Å². The fourth-order valence-electron chi connectivity index (χ4n) is 3.96. The van der Waals surface area contributed by atoms with Crippen LogP contribution in [-0.2, 0) is 20.9 Å². The minimum absolute atomic E-state index is 0.00566. The van der Waals surface area contributed by atoms with Crippen molar-refractivity contribution in [1.29, 1.82) is 0 Å². The number of amides is 1. The average Bonchev–Trinajstić information content (AvgIpc) is 3.19. The largest absolute Gasteiger partial charge is 0.456 e. The van der Waals surface area contributed by atoms with Crippen LogP contribution in [0.15, 0.2) is 6.07 Å². The minimum atomic E-state index is -0.583. The van der Waals surface area contributed by atoms with Gasteiger partial charge in [0.25, 0.3) is 0 Å². The van der Waals surface area contributed by atoms with Gasteiger partial charge in [0.05, 0.1) is 4.87 Å². The van der Waals surface area contributed by atoms with E-state index in [0.717, 1.165) is 30.8 Å². The zero-order valence-electron chi connectivity index (χ0n) is 15.8. The van der Waals surface area contributed by atoms with Gasteiger partial charge in [-0.15, -0.1) is 11.8 Å². The fourth-order valence-corrected chi connectivity index (χ4v) is 5.37. The summed E-state index contributed by atoms with van der Waals surface area (Å²) in [4.78, 5) is 38.5. The van der Waals surface area contributed by atoms with Crippen LogP contribution in [0.3, 0.4) is 0 Å². The number of esters is 1. The van der Waals surface area contributed by atoms with E-state index in [1.807, 2.05) is 26.8 Å². The first-order chi connectivity index (χ1) is 12.3. The maximum Gasteiger partial charge on any atom is 0.330 e. The number of rotatable bonds is 6. The van der Waals surface area contributed by atoms with E-state index in [2.05, 4.69) is 11.5 Å². The van der Waals surface area contributed by atoms with Crippen molar-refractivity contribution in [1.82, 2.24) is 9.47 Å². The minimum Gasteiger partial charge on any atom is -0.456 e. The lowest BCUT2D eigenvalue weighted by molar-refractivity contribution is -0.152. The average molecular weight is 378 g/mol. The molecular weight excluding hydrogens is 352 g/mol. The summed E-state index contributed by atoms with van der Waals surface area (Å²) >= 11 is 1.62. The predicted molar refractivity (Wildman–Crippen MR) is 100 cm³/mol. The van der Waals surface area contributed by atoms with Crippen LogP contribution in [0.5, 0.6) is 0 Å². The maximum absolute atomic E-state index is 12.5. The van der Waals surface area contributed by atoms with Crippen molar-refractivity contribution < 1.29 is 19.1 Å². The summed E-state index contributed by atoms with van der Waals surface area (Å²) in [6, 6.07) is 1.27.